The standard InChI is InChI=1S/C15H19NO2S/c17-9-4-3-7-13-8-10-19-14(13)15(18)16-11-12-5-1-2-6-12/h8,10,12,17H,1-2,4-6,9,11H2,(H,16,18). The van der Waals surface area contributed by atoms with Gasteiger partial charge in [0, 0.05) is 18.5 Å². The molecule has 1 aliphatic carbocycles. The van der Waals surface area contributed by atoms with Gasteiger partial charge in [-0.3, -0.25) is 4.79 Å². The average molecular weight is 277 g/mol. The van der Waals surface area contributed by atoms with Crippen molar-refractivity contribution in [1.29, 1.82) is 0 Å². The van der Waals surface area contributed by atoms with E-state index in [2.05, 4.69) is 17.2 Å². The van der Waals surface area contributed by atoms with Gasteiger partial charge < -0.3 is 10.4 Å². The second-order valence-electron chi connectivity index (χ2n) is 4.80. The topological polar surface area (TPSA) is 49.3 Å². The zero-order valence-electron chi connectivity index (χ0n) is 10.9. The smallest absolute Gasteiger partial charge is 0.262 e. The second kappa shape index (κ2) is 7.32. The van der Waals surface area contributed by atoms with E-state index in [9.17, 15) is 4.79 Å². The summed E-state index contributed by atoms with van der Waals surface area (Å²) in [5, 5.41) is 13.6. The molecule has 2 N–H and O–H groups in total. The van der Waals surface area contributed by atoms with E-state index in [1.807, 2.05) is 11.4 Å². The third-order valence-corrected chi connectivity index (χ3v) is 4.27. The first-order valence-electron chi connectivity index (χ1n) is 6.76. The third kappa shape index (κ3) is 4.09. The summed E-state index contributed by atoms with van der Waals surface area (Å²) in [6.07, 6.45) is 5.48. The lowest BCUT2D eigenvalue weighted by molar-refractivity contribution is 0.0951. The Morgan fingerprint density at radius 2 is 2.26 bits per heavy atom. The number of hydrogen-bond donors (Lipinski definition) is 2. The van der Waals surface area contributed by atoms with Gasteiger partial charge in [0.2, 0.25) is 0 Å². The number of carbonyl (C=O) groups excluding carboxylic acids is 1. The monoisotopic (exact) mass is 277 g/mol. The number of amides is 1. The third-order valence-electron chi connectivity index (χ3n) is 3.36. The summed E-state index contributed by atoms with van der Waals surface area (Å²) in [5.41, 5.74) is 0.766. The van der Waals surface area contributed by atoms with Crippen molar-refractivity contribution in [2.45, 2.75) is 32.1 Å². The minimum Gasteiger partial charge on any atom is -0.395 e. The van der Waals surface area contributed by atoms with Crippen LogP contribution in [0.5, 0.6) is 0 Å². The number of aliphatic hydroxyl groups is 1. The molecule has 3 nitrogen and oxygen atoms in total. The van der Waals surface area contributed by atoms with Gasteiger partial charge in [0.25, 0.3) is 5.91 Å². The van der Waals surface area contributed by atoms with E-state index in [0.29, 0.717) is 17.2 Å². The molecule has 0 spiro atoms. The molecule has 0 aliphatic heterocycles. The number of rotatable bonds is 4. The number of nitrogens with one attached hydrogen (secondary N) is 1. The van der Waals surface area contributed by atoms with Gasteiger partial charge in [-0.2, -0.15) is 0 Å². The Morgan fingerprint density at radius 3 is 3.00 bits per heavy atom. The SMILES string of the molecule is O=C(NCC1CCCC1)c1sccc1C#CCCO. The first kappa shape index (κ1) is 14.1. The molecule has 2 rings (SSSR count). The fraction of sp³-hybridized carbons (Fsp3) is 0.533. The maximum Gasteiger partial charge on any atom is 0.262 e. The Kier molecular flexibility index (Phi) is 5.44. The van der Waals surface area contributed by atoms with Gasteiger partial charge in [0.15, 0.2) is 0 Å². The van der Waals surface area contributed by atoms with Crippen LogP contribution >= 0.6 is 11.3 Å². The van der Waals surface area contributed by atoms with Gasteiger partial charge in [0.1, 0.15) is 4.88 Å². The fourth-order valence-electron chi connectivity index (χ4n) is 2.33. The second-order valence-corrected chi connectivity index (χ2v) is 5.72. The van der Waals surface area contributed by atoms with E-state index < -0.39 is 0 Å². The zero-order valence-corrected chi connectivity index (χ0v) is 11.8. The Morgan fingerprint density at radius 1 is 1.47 bits per heavy atom. The molecular formula is C15H19NO2S. The van der Waals surface area contributed by atoms with E-state index in [1.54, 1.807) is 0 Å². The van der Waals surface area contributed by atoms with Gasteiger partial charge in [-0.25, -0.2) is 0 Å². The average Bonchev–Trinajstić information content (AvgIpc) is 3.07. The van der Waals surface area contributed by atoms with Crippen molar-refractivity contribution in [3.05, 3.63) is 21.9 Å². The maximum atomic E-state index is 12.1. The molecule has 1 amide bonds. The molecule has 1 fully saturated rings. The minimum absolute atomic E-state index is 0.0183. The molecule has 0 aromatic carbocycles. The van der Waals surface area contributed by atoms with Crippen molar-refractivity contribution in [3.63, 3.8) is 0 Å². The maximum absolute atomic E-state index is 12.1. The zero-order chi connectivity index (χ0) is 13.5. The van der Waals surface area contributed by atoms with Gasteiger partial charge >= 0.3 is 0 Å². The van der Waals surface area contributed by atoms with Crippen LogP contribution in [0.3, 0.4) is 0 Å². The number of hydrogen-bond acceptors (Lipinski definition) is 3. The number of aliphatic hydroxyl groups excluding tert-OH is 1. The van der Waals surface area contributed by atoms with Crippen LogP contribution in [0.2, 0.25) is 0 Å². The molecule has 19 heavy (non-hydrogen) atoms. The van der Waals surface area contributed by atoms with Gasteiger partial charge in [-0.15, -0.1) is 11.3 Å². The molecule has 1 aliphatic rings. The molecule has 0 saturated heterocycles. The van der Waals surface area contributed by atoms with Crippen molar-refractivity contribution in [3.8, 4) is 11.8 Å². The van der Waals surface area contributed by atoms with Crippen LogP contribution in [0, 0.1) is 17.8 Å². The van der Waals surface area contributed by atoms with Gasteiger partial charge in [-0.1, -0.05) is 24.7 Å². The number of carbonyl (C=O) groups is 1. The summed E-state index contributed by atoms with van der Waals surface area (Å²) in [6.45, 7) is 0.834. The summed E-state index contributed by atoms with van der Waals surface area (Å²) >= 11 is 1.42. The highest BCUT2D eigenvalue weighted by atomic mass is 32.1. The largest absolute Gasteiger partial charge is 0.395 e. The fourth-order valence-corrected chi connectivity index (χ4v) is 3.09. The van der Waals surface area contributed by atoms with E-state index in [-0.39, 0.29) is 12.5 Å². The first-order valence-corrected chi connectivity index (χ1v) is 7.64. The van der Waals surface area contributed by atoms with Crippen LogP contribution < -0.4 is 5.32 Å². The van der Waals surface area contributed by atoms with Gasteiger partial charge in [0.05, 0.1) is 6.61 Å². The molecule has 1 saturated carbocycles. The molecule has 1 aromatic rings. The molecule has 0 atom stereocenters. The summed E-state index contributed by atoms with van der Waals surface area (Å²) in [6, 6.07) is 1.86. The van der Waals surface area contributed by atoms with E-state index in [4.69, 9.17) is 5.11 Å². The van der Waals surface area contributed by atoms with E-state index >= 15 is 0 Å². The summed E-state index contributed by atoms with van der Waals surface area (Å²) < 4.78 is 0. The lowest BCUT2D eigenvalue weighted by Crippen LogP contribution is -2.28. The van der Waals surface area contributed by atoms with Crippen molar-refractivity contribution >= 4 is 17.2 Å². The molecule has 1 aromatic heterocycles. The molecular weight excluding hydrogens is 258 g/mol. The van der Waals surface area contributed by atoms with Crippen molar-refractivity contribution in [2.75, 3.05) is 13.2 Å². The van der Waals surface area contributed by atoms with Crippen LogP contribution in [0.4, 0.5) is 0 Å². The quantitative estimate of drug-likeness (QED) is 0.830. The van der Waals surface area contributed by atoms with Crippen molar-refractivity contribution < 1.29 is 9.90 Å². The first-order chi connectivity index (χ1) is 9.31. The normalized spacial score (nSPS) is 15.0. The molecule has 4 heteroatoms. The summed E-state index contributed by atoms with van der Waals surface area (Å²) in [7, 11) is 0. The molecule has 0 radical (unpaired) electrons. The van der Waals surface area contributed by atoms with E-state index in [0.717, 1.165) is 12.1 Å². The molecule has 1 heterocycles. The molecule has 0 bridgehead atoms. The van der Waals surface area contributed by atoms with Crippen LogP contribution in [0.15, 0.2) is 11.4 Å². The van der Waals surface area contributed by atoms with Gasteiger partial charge in [-0.05, 0) is 30.2 Å². The Hall–Kier alpha value is -1.31. The highest BCUT2D eigenvalue weighted by Gasteiger charge is 2.17. The predicted octanol–water partition coefficient (Wildman–Crippen LogP) is 2.40. The van der Waals surface area contributed by atoms with Crippen LogP contribution in [-0.4, -0.2) is 24.2 Å². The van der Waals surface area contributed by atoms with Crippen LogP contribution in [0.1, 0.15) is 47.3 Å². The lowest BCUT2D eigenvalue weighted by Gasteiger charge is -2.09. The summed E-state index contributed by atoms with van der Waals surface area (Å²) in [4.78, 5) is 12.8. The van der Waals surface area contributed by atoms with Crippen LogP contribution in [0.25, 0.3) is 0 Å². The summed E-state index contributed by atoms with van der Waals surface area (Å²) in [5.74, 6) is 6.43. The lowest BCUT2D eigenvalue weighted by atomic mass is 10.1. The van der Waals surface area contributed by atoms with Crippen LogP contribution in [-0.2, 0) is 0 Å². The Bertz CT molecular complexity index is 478. The highest BCUT2D eigenvalue weighted by molar-refractivity contribution is 7.12. The Labute approximate surface area is 118 Å². The highest BCUT2D eigenvalue weighted by Crippen LogP contribution is 2.24. The minimum atomic E-state index is -0.0183. The molecule has 0 unspecified atom stereocenters. The predicted molar refractivity (Wildman–Crippen MR) is 77.2 cm³/mol. The molecule has 102 valence electrons. The van der Waals surface area contributed by atoms with Crippen molar-refractivity contribution in [1.82, 2.24) is 5.32 Å². The number of thiophene rings is 1. The van der Waals surface area contributed by atoms with E-state index in [1.165, 1.54) is 37.0 Å². The van der Waals surface area contributed by atoms with Crippen molar-refractivity contribution in [2.24, 2.45) is 5.92 Å². The Balaban J connectivity index is 1.91.